The van der Waals surface area contributed by atoms with Gasteiger partial charge in [-0.05, 0) is 25.1 Å². The molecule has 0 aliphatic carbocycles. The molecule has 1 aromatic carbocycles. The van der Waals surface area contributed by atoms with Crippen LogP contribution in [0, 0.1) is 5.82 Å². The Balaban J connectivity index is 3.22. The minimum absolute atomic E-state index is 0.00387. The van der Waals surface area contributed by atoms with Crippen molar-refractivity contribution < 1.29 is 41.0 Å². The van der Waals surface area contributed by atoms with Gasteiger partial charge in [0.2, 0.25) is 10.0 Å². The van der Waals surface area contributed by atoms with E-state index in [9.17, 15) is 35.9 Å². The maximum Gasteiger partial charge on any atom is 0.417 e. The second-order valence-corrected chi connectivity index (χ2v) is 6.28. The van der Waals surface area contributed by atoms with Crippen molar-refractivity contribution in [3.8, 4) is 0 Å². The molecule has 6 nitrogen and oxygen atoms in total. The van der Waals surface area contributed by atoms with Crippen LogP contribution in [-0.4, -0.2) is 36.7 Å². The summed E-state index contributed by atoms with van der Waals surface area (Å²) in [6.07, 6.45) is -5.14. The molecule has 22 heavy (non-hydrogen) atoms. The molecule has 3 N–H and O–H groups in total. The molecule has 0 aromatic heterocycles. The van der Waals surface area contributed by atoms with Gasteiger partial charge < -0.3 is 10.2 Å². The van der Waals surface area contributed by atoms with Gasteiger partial charge >= 0.3 is 12.1 Å². The molecule has 0 spiro atoms. The Morgan fingerprint density at radius 1 is 1.32 bits per heavy atom. The summed E-state index contributed by atoms with van der Waals surface area (Å²) < 4.78 is 76.4. The summed E-state index contributed by atoms with van der Waals surface area (Å²) in [5.41, 5.74) is -4.26. The Hall–Kier alpha value is -1.72. The van der Waals surface area contributed by atoms with Gasteiger partial charge in [-0.2, -0.15) is 13.2 Å². The molecule has 1 atom stereocenters. The van der Waals surface area contributed by atoms with Crippen LogP contribution in [-0.2, 0) is 21.0 Å². The lowest BCUT2D eigenvalue weighted by atomic mass is 10.1. The summed E-state index contributed by atoms with van der Waals surface area (Å²) in [5.74, 6) is -3.06. The normalized spacial score (nSPS) is 15.4. The van der Waals surface area contributed by atoms with Gasteiger partial charge in [0.05, 0.1) is 17.0 Å². The molecule has 1 rings (SSSR count). The standard InChI is InChI=1S/C11H11F4NO5S/c1-10(19,9(17)18)5-16-22(20,21)8-3-2-6(12)4-7(8)11(13,14)15/h2-4,16,19H,5H2,1H3,(H,17,18). The first-order valence-corrected chi connectivity index (χ1v) is 7.08. The van der Waals surface area contributed by atoms with Crippen LogP contribution in [0.25, 0.3) is 0 Å². The van der Waals surface area contributed by atoms with Crippen molar-refractivity contribution >= 4 is 16.0 Å². The monoisotopic (exact) mass is 345 g/mol. The molecule has 1 aromatic rings. The number of rotatable bonds is 5. The summed E-state index contributed by atoms with van der Waals surface area (Å²) in [6.45, 7) is -0.313. The molecule has 0 bridgehead atoms. The molecule has 0 aliphatic rings. The zero-order chi connectivity index (χ0) is 17.3. The summed E-state index contributed by atoms with van der Waals surface area (Å²) >= 11 is 0. The highest BCUT2D eigenvalue weighted by atomic mass is 32.2. The summed E-state index contributed by atoms with van der Waals surface area (Å²) in [6, 6.07) is 0.916. The number of sulfonamides is 1. The Labute approximate surface area is 122 Å². The van der Waals surface area contributed by atoms with E-state index in [-0.39, 0.29) is 6.07 Å². The van der Waals surface area contributed by atoms with Gasteiger partial charge in [0.25, 0.3) is 0 Å². The van der Waals surface area contributed by atoms with E-state index in [4.69, 9.17) is 5.11 Å². The predicted molar refractivity (Wildman–Crippen MR) is 64.9 cm³/mol. The second-order valence-electron chi connectivity index (χ2n) is 4.54. The van der Waals surface area contributed by atoms with E-state index < -0.39 is 50.6 Å². The van der Waals surface area contributed by atoms with Gasteiger partial charge in [0.15, 0.2) is 5.60 Å². The van der Waals surface area contributed by atoms with E-state index in [2.05, 4.69) is 0 Å². The largest absolute Gasteiger partial charge is 0.479 e. The Morgan fingerprint density at radius 3 is 2.32 bits per heavy atom. The van der Waals surface area contributed by atoms with E-state index in [0.717, 1.165) is 6.92 Å². The van der Waals surface area contributed by atoms with Crippen LogP contribution in [0.1, 0.15) is 12.5 Å². The number of carbonyl (C=O) groups is 1. The molecule has 124 valence electrons. The molecular formula is C11H11F4NO5S. The van der Waals surface area contributed by atoms with Crippen LogP contribution in [0.15, 0.2) is 23.1 Å². The fourth-order valence-electron chi connectivity index (χ4n) is 1.35. The number of aliphatic carboxylic acids is 1. The minimum atomic E-state index is -5.14. The SMILES string of the molecule is CC(O)(CNS(=O)(=O)c1ccc(F)cc1C(F)(F)F)C(=O)O. The van der Waals surface area contributed by atoms with Crippen LogP contribution in [0.2, 0.25) is 0 Å². The number of hydrogen-bond acceptors (Lipinski definition) is 4. The fourth-order valence-corrected chi connectivity index (χ4v) is 2.68. The Kier molecular flexibility index (Phi) is 4.85. The number of hydrogen-bond donors (Lipinski definition) is 3. The first kappa shape index (κ1) is 18.3. The van der Waals surface area contributed by atoms with Gasteiger partial charge in [-0.3, -0.25) is 0 Å². The number of halogens is 4. The average molecular weight is 345 g/mol. The number of nitrogens with one attached hydrogen (secondary N) is 1. The maximum atomic E-state index is 12.9. The van der Waals surface area contributed by atoms with Gasteiger partial charge in [-0.1, -0.05) is 0 Å². The third kappa shape index (κ3) is 4.15. The maximum absolute atomic E-state index is 12.9. The highest BCUT2D eigenvalue weighted by Crippen LogP contribution is 2.34. The number of alkyl halides is 3. The van der Waals surface area contributed by atoms with E-state index in [1.165, 1.54) is 0 Å². The Morgan fingerprint density at radius 2 is 1.86 bits per heavy atom. The topological polar surface area (TPSA) is 104 Å². The van der Waals surface area contributed by atoms with Crippen molar-refractivity contribution in [3.05, 3.63) is 29.6 Å². The lowest BCUT2D eigenvalue weighted by Gasteiger charge is -2.19. The van der Waals surface area contributed by atoms with Crippen LogP contribution in [0.5, 0.6) is 0 Å². The number of carboxylic acids is 1. The van der Waals surface area contributed by atoms with Crippen molar-refractivity contribution in [2.45, 2.75) is 23.6 Å². The predicted octanol–water partition coefficient (Wildman–Crippen LogP) is 0.958. The third-order valence-electron chi connectivity index (χ3n) is 2.60. The number of carboxylic acid groups (broad SMARTS) is 1. The van der Waals surface area contributed by atoms with Gasteiger partial charge in [0, 0.05) is 0 Å². The molecule has 0 fully saturated rings. The van der Waals surface area contributed by atoms with E-state index >= 15 is 0 Å². The highest BCUT2D eigenvalue weighted by Gasteiger charge is 2.39. The summed E-state index contributed by atoms with van der Waals surface area (Å²) in [5, 5.41) is 18.0. The van der Waals surface area contributed by atoms with Crippen molar-refractivity contribution in [2.24, 2.45) is 0 Å². The third-order valence-corrected chi connectivity index (χ3v) is 4.06. The van der Waals surface area contributed by atoms with Gasteiger partial charge in [0.1, 0.15) is 5.82 Å². The molecule has 0 saturated heterocycles. The molecule has 1 unspecified atom stereocenters. The molecule has 0 amide bonds. The molecule has 0 saturated carbocycles. The van der Waals surface area contributed by atoms with Gasteiger partial charge in [-0.25, -0.2) is 22.3 Å². The lowest BCUT2D eigenvalue weighted by Crippen LogP contribution is -2.46. The van der Waals surface area contributed by atoms with Crippen LogP contribution < -0.4 is 4.72 Å². The van der Waals surface area contributed by atoms with E-state index in [0.29, 0.717) is 12.1 Å². The van der Waals surface area contributed by atoms with E-state index in [1.54, 1.807) is 4.72 Å². The number of aliphatic hydroxyl groups is 1. The van der Waals surface area contributed by atoms with Crippen LogP contribution in [0.3, 0.4) is 0 Å². The van der Waals surface area contributed by atoms with E-state index in [1.807, 2.05) is 0 Å². The van der Waals surface area contributed by atoms with Crippen molar-refractivity contribution in [1.82, 2.24) is 4.72 Å². The van der Waals surface area contributed by atoms with Crippen molar-refractivity contribution in [2.75, 3.05) is 6.54 Å². The van der Waals surface area contributed by atoms with Crippen LogP contribution >= 0.6 is 0 Å². The zero-order valence-corrected chi connectivity index (χ0v) is 11.8. The highest BCUT2D eigenvalue weighted by molar-refractivity contribution is 7.89. The molecule has 0 heterocycles. The first-order chi connectivity index (χ1) is 9.77. The van der Waals surface area contributed by atoms with Crippen LogP contribution in [0.4, 0.5) is 17.6 Å². The summed E-state index contributed by atoms with van der Waals surface area (Å²) in [7, 11) is -4.82. The quantitative estimate of drug-likeness (QED) is 0.690. The number of benzene rings is 1. The zero-order valence-electron chi connectivity index (χ0n) is 11.0. The van der Waals surface area contributed by atoms with Gasteiger partial charge in [-0.15, -0.1) is 0 Å². The second kappa shape index (κ2) is 5.82. The average Bonchev–Trinajstić information content (AvgIpc) is 2.35. The molecule has 0 aliphatic heterocycles. The van der Waals surface area contributed by atoms with Crippen molar-refractivity contribution in [1.29, 1.82) is 0 Å². The first-order valence-electron chi connectivity index (χ1n) is 5.59. The molecular weight excluding hydrogens is 334 g/mol. The molecule has 11 heteroatoms. The Bertz CT molecular complexity index is 684. The molecule has 0 radical (unpaired) electrons. The lowest BCUT2D eigenvalue weighted by molar-refractivity contribution is -0.155. The smallest absolute Gasteiger partial charge is 0.417 e. The summed E-state index contributed by atoms with van der Waals surface area (Å²) in [4.78, 5) is 9.36. The fraction of sp³-hybridized carbons (Fsp3) is 0.364. The van der Waals surface area contributed by atoms with Crippen molar-refractivity contribution in [3.63, 3.8) is 0 Å². The minimum Gasteiger partial charge on any atom is -0.479 e.